The van der Waals surface area contributed by atoms with Crippen molar-refractivity contribution in [3.63, 3.8) is 0 Å². The smallest absolute Gasteiger partial charge is 0.311 e. The molecule has 3 aliphatic rings. The number of carbonyl (C=O) groups is 1. The van der Waals surface area contributed by atoms with E-state index in [0.29, 0.717) is 19.5 Å². The molecule has 0 unspecified atom stereocenters. The summed E-state index contributed by atoms with van der Waals surface area (Å²) < 4.78 is 66.1. The number of aliphatic hydroxyl groups excluding tert-OH is 1. The average Bonchev–Trinajstić information content (AvgIpc) is 3.24. The first-order chi connectivity index (χ1) is 30.3. The third-order valence-corrected chi connectivity index (χ3v) is 14.4. The van der Waals surface area contributed by atoms with Crippen molar-refractivity contribution in [3.05, 3.63) is 24.0 Å². The third-order valence-electron chi connectivity index (χ3n) is 14.4. The number of methoxy groups -OCH3 is 2. The van der Waals surface area contributed by atoms with Gasteiger partial charge in [0.05, 0.1) is 49.1 Å². The Balaban J connectivity index is 1.87. The summed E-state index contributed by atoms with van der Waals surface area (Å²) in [6.45, 7) is 20.8. The number of carbonyl (C=O) groups excluding carboxylic acids is 1. The van der Waals surface area contributed by atoms with Gasteiger partial charge in [-0.15, -0.1) is 0 Å². The van der Waals surface area contributed by atoms with Crippen molar-refractivity contribution >= 4 is 5.97 Å². The second-order valence-corrected chi connectivity index (χ2v) is 20.1. The molecule has 0 radical (unpaired) electrons. The normalized spacial score (nSPS) is 42.8. The van der Waals surface area contributed by atoms with E-state index in [-0.39, 0.29) is 55.4 Å². The van der Waals surface area contributed by atoms with Gasteiger partial charge in [-0.3, -0.25) is 4.79 Å². The second-order valence-electron chi connectivity index (χ2n) is 20.1. The molecule has 6 N–H and O–H groups in total. The first-order valence-electron chi connectivity index (χ1n) is 23.6. The molecule has 0 aliphatic carbocycles. The molecule has 0 saturated carbocycles. The lowest BCUT2D eigenvalue weighted by Gasteiger charge is -2.53. The van der Waals surface area contributed by atoms with Crippen molar-refractivity contribution in [2.24, 2.45) is 17.8 Å². The molecule has 3 heterocycles. The fourth-order valence-corrected chi connectivity index (χ4v) is 10.2. The molecule has 0 aromatic heterocycles. The average molecular weight is 930 g/mol. The van der Waals surface area contributed by atoms with E-state index in [1.165, 1.54) is 33.3 Å². The monoisotopic (exact) mass is 930 g/mol. The number of rotatable bonds is 14. The third kappa shape index (κ3) is 12.7. The standard InChI is InChI=1S/C48H84FN3O13/c1-16-20-50-26-48(57)32(8)61-38(24-46(48,10)59-15)64-39-29(5)42(65-44-40(35(52(12)13)21-28(4)60-44)62-33-18-19-36(58-14)34(49)22-33)45(9,55)23-27(3)25-51-31(7)41(53)47(11,56)37(17-2)63-43(54)30(39)6/h18-19,22,27-32,35,37-42,44,50-51,53,55-57H,16-17,20-21,23-26H2,1-15H3/t27-,28-,29+,30-,31-,32+,35+,37-,38+,39+,40-,41-,42-,44+,45-,46-,47-,48+/m1/s1. The number of aliphatic hydroxyl groups is 4. The summed E-state index contributed by atoms with van der Waals surface area (Å²) in [5.74, 6) is -3.18. The molecule has 0 bridgehead atoms. The highest BCUT2D eigenvalue weighted by atomic mass is 19.1. The van der Waals surface area contributed by atoms with Gasteiger partial charge in [0.25, 0.3) is 0 Å². The Morgan fingerprint density at radius 3 is 2.23 bits per heavy atom. The van der Waals surface area contributed by atoms with Crippen LogP contribution in [0.4, 0.5) is 4.39 Å². The van der Waals surface area contributed by atoms with E-state index in [2.05, 4.69) is 10.6 Å². The zero-order valence-corrected chi connectivity index (χ0v) is 41.8. The lowest BCUT2D eigenvalue weighted by Crippen LogP contribution is -2.70. The van der Waals surface area contributed by atoms with Crippen LogP contribution in [0.1, 0.15) is 108 Å². The maximum absolute atomic E-state index is 15.1. The molecule has 4 rings (SSSR count). The number of hydrogen-bond acceptors (Lipinski definition) is 16. The number of esters is 1. The predicted octanol–water partition coefficient (Wildman–Crippen LogP) is 4.16. The zero-order valence-electron chi connectivity index (χ0n) is 41.8. The van der Waals surface area contributed by atoms with E-state index in [1.54, 1.807) is 47.6 Å². The van der Waals surface area contributed by atoms with Crippen molar-refractivity contribution < 1.29 is 67.5 Å². The van der Waals surface area contributed by atoms with Gasteiger partial charge >= 0.3 is 5.97 Å². The highest BCUT2D eigenvalue weighted by molar-refractivity contribution is 5.73. The number of halogens is 1. The topological polar surface area (TPSA) is 199 Å². The number of ether oxygens (including phenoxy) is 8. The van der Waals surface area contributed by atoms with Gasteiger partial charge in [0.15, 0.2) is 30.3 Å². The van der Waals surface area contributed by atoms with Crippen LogP contribution in [0.25, 0.3) is 0 Å². The first kappa shape index (κ1) is 55.3. The molecule has 0 spiro atoms. The van der Waals surface area contributed by atoms with E-state index in [9.17, 15) is 25.2 Å². The molecule has 3 saturated heterocycles. The molecule has 65 heavy (non-hydrogen) atoms. The largest absolute Gasteiger partial charge is 0.494 e. The Morgan fingerprint density at radius 1 is 0.969 bits per heavy atom. The van der Waals surface area contributed by atoms with Crippen molar-refractivity contribution in [2.75, 3.05) is 47.9 Å². The SMILES string of the molecule is CCCNC[C@]1(O)[C@H](C)O[C@@H](O[C@H]2[C@H](C)[C@@H](O[C@@H]3O[C@H](C)C[C@H](N(C)C)[C@H]3Oc3ccc(OC)c(F)c3)[C@](C)(O)C[C@@H](C)CN[C@H](C)[C@@H](O)[C@](C)(O)[C@@H](CC)OC(=O)[C@@H]2C)C[C@@]1(C)OC. The molecule has 16 nitrogen and oxygen atoms in total. The fourth-order valence-electron chi connectivity index (χ4n) is 10.2. The number of cyclic esters (lactones) is 1. The maximum atomic E-state index is 15.1. The summed E-state index contributed by atoms with van der Waals surface area (Å²) in [6.07, 6.45) is -6.99. The highest BCUT2D eigenvalue weighted by Gasteiger charge is 2.58. The molecule has 0 amide bonds. The molecular formula is C48H84FN3O13. The lowest BCUT2D eigenvalue weighted by molar-refractivity contribution is -0.335. The van der Waals surface area contributed by atoms with Gasteiger partial charge in [0, 0.05) is 38.1 Å². The van der Waals surface area contributed by atoms with Gasteiger partial charge in [-0.25, -0.2) is 4.39 Å². The first-order valence-corrected chi connectivity index (χ1v) is 23.6. The second kappa shape index (κ2) is 22.9. The number of nitrogens with one attached hydrogen (secondary N) is 2. The van der Waals surface area contributed by atoms with Gasteiger partial charge in [0.1, 0.15) is 34.8 Å². The van der Waals surface area contributed by atoms with Crippen LogP contribution in [-0.4, -0.2) is 169 Å². The number of nitrogens with zero attached hydrogens (tertiary/aromatic N) is 1. The van der Waals surface area contributed by atoms with Crippen LogP contribution in [0.2, 0.25) is 0 Å². The van der Waals surface area contributed by atoms with E-state index >= 15 is 4.39 Å². The Labute approximate surface area is 387 Å². The van der Waals surface area contributed by atoms with Gasteiger partial charge in [-0.1, -0.05) is 27.7 Å². The van der Waals surface area contributed by atoms with Crippen LogP contribution < -0.4 is 20.1 Å². The van der Waals surface area contributed by atoms with Crippen LogP contribution >= 0.6 is 0 Å². The quantitative estimate of drug-likeness (QED) is 0.115. The van der Waals surface area contributed by atoms with Crippen LogP contribution in [-0.2, 0) is 33.2 Å². The van der Waals surface area contributed by atoms with E-state index in [0.717, 1.165) is 6.42 Å². The Morgan fingerprint density at radius 2 is 1.65 bits per heavy atom. The van der Waals surface area contributed by atoms with Gasteiger partial charge in [-0.05, 0) is 119 Å². The summed E-state index contributed by atoms with van der Waals surface area (Å²) in [5.41, 5.74) is -6.14. The summed E-state index contributed by atoms with van der Waals surface area (Å²) in [4.78, 5) is 16.6. The molecular weight excluding hydrogens is 846 g/mol. The van der Waals surface area contributed by atoms with Crippen molar-refractivity contribution in [2.45, 2.75) is 198 Å². The summed E-state index contributed by atoms with van der Waals surface area (Å²) in [6, 6.07) is 3.41. The van der Waals surface area contributed by atoms with Crippen molar-refractivity contribution in [1.82, 2.24) is 15.5 Å². The molecule has 17 heteroatoms. The minimum Gasteiger partial charge on any atom is -0.494 e. The van der Waals surface area contributed by atoms with E-state index in [1.807, 2.05) is 46.7 Å². The highest BCUT2D eigenvalue weighted by Crippen LogP contribution is 2.43. The predicted molar refractivity (Wildman–Crippen MR) is 243 cm³/mol. The number of benzene rings is 1. The molecule has 18 atom stereocenters. The summed E-state index contributed by atoms with van der Waals surface area (Å²) >= 11 is 0. The van der Waals surface area contributed by atoms with Crippen molar-refractivity contribution in [3.8, 4) is 11.5 Å². The van der Waals surface area contributed by atoms with Crippen LogP contribution in [0, 0.1) is 23.6 Å². The van der Waals surface area contributed by atoms with Crippen LogP contribution in [0.15, 0.2) is 18.2 Å². The van der Waals surface area contributed by atoms with E-state index < -0.39 is 101 Å². The van der Waals surface area contributed by atoms with E-state index in [4.69, 9.17) is 37.9 Å². The molecule has 3 fully saturated rings. The Kier molecular flexibility index (Phi) is 19.5. The number of hydrogen-bond donors (Lipinski definition) is 6. The minimum absolute atomic E-state index is 0.0585. The summed E-state index contributed by atoms with van der Waals surface area (Å²) in [7, 11) is 6.74. The van der Waals surface area contributed by atoms with Crippen molar-refractivity contribution in [1.29, 1.82) is 0 Å². The molecule has 1 aromatic carbocycles. The van der Waals surface area contributed by atoms with Gasteiger partial charge in [0.2, 0.25) is 0 Å². The number of likely N-dealkylation sites (N-methyl/N-ethyl adjacent to an activating group) is 1. The van der Waals surface area contributed by atoms with Gasteiger partial charge in [-0.2, -0.15) is 0 Å². The maximum Gasteiger partial charge on any atom is 0.311 e. The molecule has 376 valence electrons. The zero-order chi connectivity index (χ0) is 48.8. The van der Waals surface area contributed by atoms with Crippen LogP contribution in [0.5, 0.6) is 11.5 Å². The lowest BCUT2D eigenvalue weighted by atomic mass is 9.75. The van der Waals surface area contributed by atoms with Crippen LogP contribution in [0.3, 0.4) is 0 Å². The summed E-state index contributed by atoms with van der Waals surface area (Å²) in [5, 5.41) is 55.0. The minimum atomic E-state index is -1.85. The molecule has 1 aromatic rings. The Hall–Kier alpha value is -2.26. The fraction of sp³-hybridized carbons (Fsp3) is 0.854. The molecule has 3 aliphatic heterocycles. The van der Waals surface area contributed by atoms with Gasteiger partial charge < -0.3 is 73.9 Å². The Bertz CT molecular complexity index is 1660.